The van der Waals surface area contributed by atoms with Gasteiger partial charge in [-0.05, 0) is 61.5 Å². The van der Waals surface area contributed by atoms with Gasteiger partial charge in [0.05, 0.1) is 22.7 Å². The molecule has 0 saturated carbocycles. The van der Waals surface area contributed by atoms with Crippen LogP contribution in [0.3, 0.4) is 0 Å². The topological polar surface area (TPSA) is 72.9 Å². The van der Waals surface area contributed by atoms with Gasteiger partial charge in [0.15, 0.2) is 6.61 Å². The molecule has 0 aliphatic heterocycles. The Morgan fingerprint density at radius 2 is 1.61 bits per heavy atom. The Morgan fingerprint density at radius 1 is 0.968 bits per heavy atom. The fraction of sp³-hybridized carbons (Fsp3) is 0.136. The number of methoxy groups -OCH3 is 1. The predicted molar refractivity (Wildman–Crippen MR) is 121 cm³/mol. The second-order valence-electron chi connectivity index (χ2n) is 6.54. The molecule has 1 amide bonds. The molecule has 0 aliphatic carbocycles. The number of amides is 1. The summed E-state index contributed by atoms with van der Waals surface area (Å²) >= 11 is 11.9. The summed E-state index contributed by atoms with van der Waals surface area (Å²) < 4.78 is 38.0. The van der Waals surface area contributed by atoms with E-state index in [2.05, 4.69) is 0 Å². The zero-order valence-electron chi connectivity index (χ0n) is 16.7. The summed E-state index contributed by atoms with van der Waals surface area (Å²) in [6, 6.07) is 16.8. The van der Waals surface area contributed by atoms with Gasteiger partial charge >= 0.3 is 0 Å². The summed E-state index contributed by atoms with van der Waals surface area (Å²) in [6.45, 7) is 1.28. The van der Waals surface area contributed by atoms with Crippen molar-refractivity contribution in [1.82, 2.24) is 0 Å². The molecule has 3 aromatic rings. The molecule has 0 unspecified atom stereocenters. The van der Waals surface area contributed by atoms with Crippen LogP contribution in [0.5, 0.6) is 11.5 Å². The molecule has 6 nitrogen and oxygen atoms in total. The third-order valence-electron chi connectivity index (χ3n) is 4.34. The van der Waals surface area contributed by atoms with Gasteiger partial charge in [-0.25, -0.2) is 8.42 Å². The van der Waals surface area contributed by atoms with Crippen molar-refractivity contribution in [3.8, 4) is 11.5 Å². The van der Waals surface area contributed by atoms with E-state index in [1.54, 1.807) is 30.3 Å². The van der Waals surface area contributed by atoms with E-state index >= 15 is 0 Å². The summed E-state index contributed by atoms with van der Waals surface area (Å²) in [6.07, 6.45) is 0. The van der Waals surface area contributed by atoms with Crippen LogP contribution in [0.1, 0.15) is 5.56 Å². The van der Waals surface area contributed by atoms with Gasteiger partial charge in [0.25, 0.3) is 15.9 Å². The van der Waals surface area contributed by atoms with E-state index in [0.29, 0.717) is 15.1 Å². The Hall–Kier alpha value is -2.74. The molecule has 3 rings (SSSR count). The SMILES string of the molecule is COc1ccc(N(C(=O)COc2ccc(Cl)cc2Cl)S(=O)(=O)c2ccc(C)cc2)cc1. The third-order valence-corrected chi connectivity index (χ3v) is 6.63. The van der Waals surface area contributed by atoms with Crippen LogP contribution in [0.2, 0.25) is 10.0 Å². The lowest BCUT2D eigenvalue weighted by Crippen LogP contribution is -2.40. The fourth-order valence-electron chi connectivity index (χ4n) is 2.74. The van der Waals surface area contributed by atoms with E-state index in [0.717, 1.165) is 5.56 Å². The number of anilines is 1. The number of ether oxygens (including phenoxy) is 2. The van der Waals surface area contributed by atoms with E-state index in [1.165, 1.54) is 43.5 Å². The summed E-state index contributed by atoms with van der Waals surface area (Å²) in [5, 5.41) is 0.614. The molecule has 0 heterocycles. The lowest BCUT2D eigenvalue weighted by atomic mass is 10.2. The predicted octanol–water partition coefficient (Wildman–Crippen LogP) is 5.11. The number of hydrogen-bond donors (Lipinski definition) is 0. The smallest absolute Gasteiger partial charge is 0.278 e. The monoisotopic (exact) mass is 479 g/mol. The Morgan fingerprint density at radius 3 is 2.19 bits per heavy atom. The number of nitrogens with zero attached hydrogens (tertiary/aromatic N) is 1. The standard InChI is InChI=1S/C22H19Cl2NO5S/c1-15-3-10-19(11-4-15)31(27,28)25(17-6-8-18(29-2)9-7-17)22(26)14-30-21-12-5-16(23)13-20(21)24/h3-13H,14H2,1-2H3. The van der Waals surface area contributed by atoms with Crippen LogP contribution in [-0.2, 0) is 14.8 Å². The summed E-state index contributed by atoms with van der Waals surface area (Å²) in [7, 11) is -2.71. The zero-order valence-corrected chi connectivity index (χ0v) is 19.0. The van der Waals surface area contributed by atoms with Crippen LogP contribution >= 0.6 is 23.2 Å². The molecule has 0 N–H and O–H groups in total. The van der Waals surface area contributed by atoms with Crippen LogP contribution in [-0.4, -0.2) is 28.0 Å². The summed E-state index contributed by atoms with van der Waals surface area (Å²) in [5.41, 5.74) is 1.04. The molecule has 0 aliphatic rings. The maximum absolute atomic E-state index is 13.3. The molecule has 0 radical (unpaired) electrons. The van der Waals surface area contributed by atoms with Crippen molar-refractivity contribution in [2.75, 3.05) is 18.0 Å². The average Bonchev–Trinajstić information content (AvgIpc) is 2.74. The second-order valence-corrected chi connectivity index (χ2v) is 9.17. The molecule has 0 bridgehead atoms. The van der Waals surface area contributed by atoms with Gasteiger partial charge in [-0.15, -0.1) is 0 Å². The van der Waals surface area contributed by atoms with Gasteiger partial charge in [0, 0.05) is 5.02 Å². The lowest BCUT2D eigenvalue weighted by Gasteiger charge is -2.23. The Kier molecular flexibility index (Phi) is 7.10. The van der Waals surface area contributed by atoms with E-state index < -0.39 is 22.5 Å². The highest BCUT2D eigenvalue weighted by molar-refractivity contribution is 7.93. The van der Waals surface area contributed by atoms with Gasteiger partial charge in [-0.1, -0.05) is 40.9 Å². The molecule has 31 heavy (non-hydrogen) atoms. The first-order chi connectivity index (χ1) is 14.7. The fourth-order valence-corrected chi connectivity index (χ4v) is 4.61. The number of halogens is 2. The minimum absolute atomic E-state index is 0.0215. The first-order valence-corrected chi connectivity index (χ1v) is 11.3. The number of sulfonamides is 1. The lowest BCUT2D eigenvalue weighted by molar-refractivity contribution is -0.119. The van der Waals surface area contributed by atoms with Crippen LogP contribution in [0, 0.1) is 6.92 Å². The van der Waals surface area contributed by atoms with Gasteiger partial charge < -0.3 is 9.47 Å². The van der Waals surface area contributed by atoms with Crippen molar-refractivity contribution in [2.24, 2.45) is 0 Å². The first kappa shape index (κ1) is 22.9. The molecule has 9 heteroatoms. The highest BCUT2D eigenvalue weighted by Crippen LogP contribution is 2.29. The van der Waals surface area contributed by atoms with Gasteiger partial charge in [0.2, 0.25) is 0 Å². The molecule has 162 valence electrons. The highest BCUT2D eigenvalue weighted by Gasteiger charge is 2.31. The minimum atomic E-state index is -4.20. The number of carbonyl (C=O) groups is 1. The molecule has 0 aromatic heterocycles. The third kappa shape index (κ3) is 5.31. The normalized spacial score (nSPS) is 11.1. The van der Waals surface area contributed by atoms with E-state index in [9.17, 15) is 13.2 Å². The summed E-state index contributed by atoms with van der Waals surface area (Å²) in [5.74, 6) is -0.0633. The van der Waals surface area contributed by atoms with Crippen molar-refractivity contribution < 1.29 is 22.7 Å². The molecular weight excluding hydrogens is 461 g/mol. The van der Waals surface area contributed by atoms with Crippen molar-refractivity contribution in [1.29, 1.82) is 0 Å². The quantitative estimate of drug-likeness (QED) is 0.470. The van der Waals surface area contributed by atoms with E-state index in [1.807, 2.05) is 6.92 Å². The molecule has 0 saturated heterocycles. The Balaban J connectivity index is 1.96. The number of aryl methyl sites for hydroxylation is 1. The van der Waals surface area contributed by atoms with E-state index in [4.69, 9.17) is 32.7 Å². The summed E-state index contributed by atoms with van der Waals surface area (Å²) in [4.78, 5) is 13.0. The second kappa shape index (κ2) is 9.60. The van der Waals surface area contributed by atoms with Crippen molar-refractivity contribution in [3.63, 3.8) is 0 Å². The minimum Gasteiger partial charge on any atom is -0.497 e. The van der Waals surface area contributed by atoms with Gasteiger partial charge in [0.1, 0.15) is 11.5 Å². The van der Waals surface area contributed by atoms with Crippen LogP contribution < -0.4 is 13.8 Å². The van der Waals surface area contributed by atoms with Crippen LogP contribution in [0.4, 0.5) is 5.69 Å². The molecule has 0 fully saturated rings. The van der Waals surface area contributed by atoms with Crippen molar-refractivity contribution in [3.05, 3.63) is 82.3 Å². The number of carbonyl (C=O) groups excluding carboxylic acids is 1. The largest absolute Gasteiger partial charge is 0.497 e. The number of hydrogen-bond acceptors (Lipinski definition) is 5. The first-order valence-electron chi connectivity index (χ1n) is 9.09. The maximum atomic E-state index is 13.3. The Bertz CT molecular complexity index is 1180. The molecule has 0 atom stereocenters. The van der Waals surface area contributed by atoms with Gasteiger partial charge in [-0.2, -0.15) is 4.31 Å². The average molecular weight is 480 g/mol. The van der Waals surface area contributed by atoms with E-state index in [-0.39, 0.29) is 21.4 Å². The van der Waals surface area contributed by atoms with Crippen LogP contribution in [0.15, 0.2) is 71.6 Å². The zero-order chi connectivity index (χ0) is 22.6. The molecule has 3 aromatic carbocycles. The van der Waals surface area contributed by atoms with Crippen molar-refractivity contribution >= 4 is 44.8 Å². The Labute approximate surface area is 191 Å². The number of benzene rings is 3. The van der Waals surface area contributed by atoms with Crippen molar-refractivity contribution in [2.45, 2.75) is 11.8 Å². The maximum Gasteiger partial charge on any atom is 0.278 e. The van der Waals surface area contributed by atoms with Crippen LogP contribution in [0.25, 0.3) is 0 Å². The molecular formula is C22H19Cl2NO5S. The van der Waals surface area contributed by atoms with Gasteiger partial charge in [-0.3, -0.25) is 4.79 Å². The number of rotatable bonds is 7. The molecule has 0 spiro atoms. The highest BCUT2D eigenvalue weighted by atomic mass is 35.5.